The smallest absolute Gasteiger partial charge is 0.337 e. The number of rotatable bonds is 4. The molecule has 0 radical (unpaired) electrons. The molecule has 1 atom stereocenters. The van der Waals surface area contributed by atoms with Crippen LogP contribution in [0.1, 0.15) is 46.0 Å². The summed E-state index contributed by atoms with van der Waals surface area (Å²) in [5.74, 6) is -0.760. The van der Waals surface area contributed by atoms with Crippen LogP contribution < -0.4 is 10.2 Å². The summed E-state index contributed by atoms with van der Waals surface area (Å²) in [7, 11) is 0. The van der Waals surface area contributed by atoms with Crippen molar-refractivity contribution in [1.29, 1.82) is 0 Å². The quantitative estimate of drug-likeness (QED) is 0.866. The van der Waals surface area contributed by atoms with Crippen molar-refractivity contribution in [2.75, 3.05) is 23.3 Å². The third-order valence-corrected chi connectivity index (χ3v) is 4.78. The Hall–Kier alpha value is -2.82. The van der Waals surface area contributed by atoms with Crippen LogP contribution in [0.15, 0.2) is 42.5 Å². The summed E-state index contributed by atoms with van der Waals surface area (Å²) in [6.45, 7) is 5.97. The van der Waals surface area contributed by atoms with E-state index in [9.17, 15) is 14.7 Å². The van der Waals surface area contributed by atoms with E-state index in [2.05, 4.69) is 17.1 Å². The molecule has 5 nitrogen and oxygen atoms in total. The van der Waals surface area contributed by atoms with Crippen molar-refractivity contribution in [2.45, 2.75) is 26.7 Å². The molecule has 1 amide bonds. The van der Waals surface area contributed by atoms with Crippen LogP contribution in [0, 0.1) is 12.8 Å². The van der Waals surface area contributed by atoms with Gasteiger partial charge in [-0.05, 0) is 56.0 Å². The Bertz CT molecular complexity index is 832. The predicted molar refractivity (Wildman–Crippen MR) is 103 cm³/mol. The Balaban J connectivity index is 1.85. The number of hydrogen-bond donors (Lipinski definition) is 2. The lowest BCUT2D eigenvalue weighted by Crippen LogP contribution is -2.34. The normalized spacial score (nSPS) is 17.0. The number of benzene rings is 2. The van der Waals surface area contributed by atoms with Gasteiger partial charge in [-0.2, -0.15) is 0 Å². The summed E-state index contributed by atoms with van der Waals surface area (Å²) >= 11 is 0. The van der Waals surface area contributed by atoms with E-state index in [0.717, 1.165) is 30.8 Å². The molecule has 0 saturated carbocycles. The monoisotopic (exact) mass is 352 g/mol. The van der Waals surface area contributed by atoms with Crippen molar-refractivity contribution in [1.82, 2.24) is 0 Å². The largest absolute Gasteiger partial charge is 0.478 e. The molecule has 5 heteroatoms. The fourth-order valence-electron chi connectivity index (χ4n) is 3.42. The van der Waals surface area contributed by atoms with Gasteiger partial charge in [0.2, 0.25) is 0 Å². The number of carbonyl (C=O) groups is 2. The van der Waals surface area contributed by atoms with Gasteiger partial charge in [0.1, 0.15) is 0 Å². The van der Waals surface area contributed by atoms with Crippen molar-refractivity contribution in [3.05, 3.63) is 59.2 Å². The molecule has 0 aromatic heterocycles. The van der Waals surface area contributed by atoms with Crippen molar-refractivity contribution >= 4 is 23.3 Å². The SMILES string of the molecule is Cc1cccc(C(=O)Nc2ccc(N3CCC[C@H](C)C3)cc2C(=O)O)c1. The summed E-state index contributed by atoms with van der Waals surface area (Å²) in [4.78, 5) is 26.4. The Morgan fingerprint density at radius 1 is 1.19 bits per heavy atom. The molecular weight excluding hydrogens is 328 g/mol. The van der Waals surface area contributed by atoms with Gasteiger partial charge in [0.05, 0.1) is 11.3 Å². The van der Waals surface area contributed by atoms with Crippen LogP contribution >= 0.6 is 0 Å². The zero-order chi connectivity index (χ0) is 18.7. The molecule has 3 rings (SSSR count). The molecule has 26 heavy (non-hydrogen) atoms. The van der Waals surface area contributed by atoms with E-state index < -0.39 is 5.97 Å². The fourth-order valence-corrected chi connectivity index (χ4v) is 3.42. The van der Waals surface area contributed by atoms with Gasteiger partial charge >= 0.3 is 5.97 Å². The summed E-state index contributed by atoms with van der Waals surface area (Å²) in [6.07, 6.45) is 2.31. The highest BCUT2D eigenvalue weighted by molar-refractivity contribution is 6.08. The van der Waals surface area contributed by atoms with Crippen molar-refractivity contribution in [3.63, 3.8) is 0 Å². The van der Waals surface area contributed by atoms with Crippen LogP contribution in [0.3, 0.4) is 0 Å². The van der Waals surface area contributed by atoms with Crippen LogP contribution in [0.5, 0.6) is 0 Å². The van der Waals surface area contributed by atoms with Gasteiger partial charge in [-0.1, -0.05) is 24.6 Å². The number of hydrogen-bond acceptors (Lipinski definition) is 3. The lowest BCUT2D eigenvalue weighted by molar-refractivity contribution is 0.0698. The average Bonchev–Trinajstić information content (AvgIpc) is 2.61. The van der Waals surface area contributed by atoms with E-state index in [1.165, 1.54) is 6.42 Å². The number of aromatic carboxylic acids is 1. The molecule has 1 fully saturated rings. The molecule has 0 aliphatic carbocycles. The molecule has 2 aromatic carbocycles. The molecule has 1 aliphatic heterocycles. The zero-order valence-electron chi connectivity index (χ0n) is 15.2. The highest BCUT2D eigenvalue weighted by atomic mass is 16.4. The van der Waals surface area contributed by atoms with Crippen LogP contribution in [0.2, 0.25) is 0 Å². The molecule has 0 bridgehead atoms. The summed E-state index contributed by atoms with van der Waals surface area (Å²) in [5, 5.41) is 12.3. The number of nitrogens with zero attached hydrogens (tertiary/aromatic N) is 1. The molecule has 2 aromatic rings. The third-order valence-electron chi connectivity index (χ3n) is 4.78. The van der Waals surface area contributed by atoms with Gasteiger partial charge in [0, 0.05) is 24.3 Å². The van der Waals surface area contributed by atoms with Crippen molar-refractivity contribution < 1.29 is 14.7 Å². The third kappa shape index (κ3) is 4.04. The van der Waals surface area contributed by atoms with E-state index in [4.69, 9.17) is 0 Å². The number of carboxylic acids is 1. The lowest BCUT2D eigenvalue weighted by Gasteiger charge is -2.33. The van der Waals surface area contributed by atoms with Gasteiger partial charge in [0.15, 0.2) is 0 Å². The summed E-state index contributed by atoms with van der Waals surface area (Å²) in [5.41, 5.74) is 2.81. The minimum Gasteiger partial charge on any atom is -0.478 e. The molecule has 0 spiro atoms. The van der Waals surface area contributed by atoms with Crippen molar-refractivity contribution in [3.8, 4) is 0 Å². The first kappa shape index (κ1) is 18.0. The molecule has 1 heterocycles. The van der Waals surface area contributed by atoms with E-state index in [0.29, 0.717) is 17.2 Å². The maximum absolute atomic E-state index is 12.5. The topological polar surface area (TPSA) is 69.6 Å². The van der Waals surface area contributed by atoms with E-state index in [1.807, 2.05) is 25.1 Å². The van der Waals surface area contributed by atoms with E-state index >= 15 is 0 Å². The number of aryl methyl sites for hydroxylation is 1. The number of anilines is 2. The molecule has 0 unspecified atom stereocenters. The van der Waals surface area contributed by atoms with Gasteiger partial charge in [-0.15, -0.1) is 0 Å². The number of piperidine rings is 1. The van der Waals surface area contributed by atoms with Gasteiger partial charge < -0.3 is 15.3 Å². The number of carboxylic acid groups (broad SMARTS) is 1. The molecule has 1 aliphatic rings. The number of amides is 1. The first-order valence-electron chi connectivity index (χ1n) is 8.94. The average molecular weight is 352 g/mol. The molecular formula is C21H24N2O3. The minimum atomic E-state index is -1.04. The predicted octanol–water partition coefficient (Wildman–Crippen LogP) is 4.18. The highest BCUT2D eigenvalue weighted by Gasteiger charge is 2.20. The standard InChI is InChI=1S/C21H24N2O3/c1-14-5-3-7-16(11-14)20(24)22-19-9-8-17(12-18(19)21(25)26)23-10-4-6-15(2)13-23/h3,5,7-9,11-12,15H,4,6,10,13H2,1-2H3,(H,22,24)(H,25,26)/t15-/m0/s1. The maximum atomic E-state index is 12.5. The first-order valence-corrected chi connectivity index (χ1v) is 8.94. The summed E-state index contributed by atoms with van der Waals surface area (Å²) in [6, 6.07) is 12.4. The van der Waals surface area contributed by atoms with E-state index in [-0.39, 0.29) is 11.5 Å². The Morgan fingerprint density at radius 2 is 2.00 bits per heavy atom. The Labute approximate surface area is 153 Å². The first-order chi connectivity index (χ1) is 12.4. The van der Waals surface area contributed by atoms with Gasteiger partial charge in [0.25, 0.3) is 5.91 Å². The number of carbonyl (C=O) groups excluding carboxylic acids is 1. The van der Waals surface area contributed by atoms with Crippen LogP contribution in [-0.4, -0.2) is 30.1 Å². The molecule has 136 valence electrons. The van der Waals surface area contributed by atoms with E-state index in [1.54, 1.807) is 24.3 Å². The summed E-state index contributed by atoms with van der Waals surface area (Å²) < 4.78 is 0. The van der Waals surface area contributed by atoms with Gasteiger partial charge in [-0.3, -0.25) is 4.79 Å². The second kappa shape index (κ2) is 7.60. The maximum Gasteiger partial charge on any atom is 0.337 e. The van der Waals surface area contributed by atoms with Crippen LogP contribution in [0.25, 0.3) is 0 Å². The fraction of sp³-hybridized carbons (Fsp3) is 0.333. The second-order valence-electron chi connectivity index (χ2n) is 7.05. The Morgan fingerprint density at radius 3 is 2.69 bits per heavy atom. The number of nitrogens with one attached hydrogen (secondary N) is 1. The Kier molecular flexibility index (Phi) is 5.26. The molecule has 1 saturated heterocycles. The lowest BCUT2D eigenvalue weighted by atomic mass is 9.99. The van der Waals surface area contributed by atoms with Crippen molar-refractivity contribution in [2.24, 2.45) is 5.92 Å². The zero-order valence-corrected chi connectivity index (χ0v) is 15.2. The minimum absolute atomic E-state index is 0.113. The van der Waals surface area contributed by atoms with Crippen LogP contribution in [-0.2, 0) is 0 Å². The molecule has 2 N–H and O–H groups in total. The van der Waals surface area contributed by atoms with Gasteiger partial charge in [-0.25, -0.2) is 4.79 Å². The second-order valence-corrected chi connectivity index (χ2v) is 7.05. The highest BCUT2D eigenvalue weighted by Crippen LogP contribution is 2.27. The van der Waals surface area contributed by atoms with Crippen LogP contribution in [0.4, 0.5) is 11.4 Å².